The van der Waals surface area contributed by atoms with Crippen molar-refractivity contribution in [2.24, 2.45) is 0 Å². The Balaban J connectivity index is 1.34. The van der Waals surface area contributed by atoms with Crippen LogP contribution in [0.25, 0.3) is 0 Å². The van der Waals surface area contributed by atoms with Gasteiger partial charge in [0.25, 0.3) is 0 Å². The zero-order chi connectivity index (χ0) is 60.3. The third kappa shape index (κ3) is 15.2. The van der Waals surface area contributed by atoms with Gasteiger partial charge in [0.15, 0.2) is 55.9 Å². The second-order valence-electron chi connectivity index (χ2n) is 19.1. The molecule has 464 valence electrons. The van der Waals surface area contributed by atoms with Crippen LogP contribution in [0.15, 0.2) is 30.3 Å². The van der Waals surface area contributed by atoms with Crippen LogP contribution in [0.2, 0.25) is 0 Å². The van der Waals surface area contributed by atoms with E-state index in [9.17, 15) is 59.4 Å². The third-order valence-electron chi connectivity index (χ3n) is 14.0. The number of carboxylic acid groups (broad SMARTS) is 2. The third-order valence-corrected chi connectivity index (χ3v) is 14.0. The minimum Gasteiger partial charge on any atom is -0.479 e. The molecule has 5 aliphatic heterocycles. The molecule has 32 nitrogen and oxygen atoms in total. The summed E-state index contributed by atoms with van der Waals surface area (Å²) in [4.78, 5) is 77.5. The Hall–Kier alpha value is -4.76. The average molecular weight is 1190 g/mol. The van der Waals surface area contributed by atoms with E-state index in [1.165, 1.54) is 52.7 Å². The zero-order valence-electron chi connectivity index (χ0n) is 46.2. The van der Waals surface area contributed by atoms with Gasteiger partial charge < -0.3 is 125 Å². The standard InChI is InChI=1S/C50H72O32/c1-19(52)70-17-24-29(63-4)32(64-5)27(56)47(74-24)79-37-35(66-7)41(68-9)49(81-39(37)43(58)59)78-31-25(18-71-20(2)53)75-48(28(57)34(31)72-21(3)54)80-38-36(67-8)42(76-45(62)22-14-12-11-13-15-22)50(82-40(38)44(60)61)77-30-23(16-51)73-46(69-10)26(55)33(30)65-6/h11-15,23-42,46-51,55-57H,16-18H2,1-10H3,(H,58,59)(H,60,61)/t23-,24-,25-,26-,27-,28-,29-,30-,31-,32-,33-,34-,35+,36+,37+,38+,39+,40-,41-,42-,46+,47-,48-,49-,50-/m1/s1. The largest absolute Gasteiger partial charge is 0.479 e. The molecular formula is C50H72O32. The fraction of sp³-hybridized carbons (Fsp3) is 0.760. The molecule has 1 aromatic carbocycles. The van der Waals surface area contributed by atoms with Crippen LogP contribution in [0.1, 0.15) is 31.1 Å². The molecule has 0 spiro atoms. The topological polar surface area (TPSA) is 408 Å². The second kappa shape index (κ2) is 30.4. The molecule has 5 fully saturated rings. The van der Waals surface area contributed by atoms with Crippen molar-refractivity contribution in [1.29, 1.82) is 0 Å². The van der Waals surface area contributed by atoms with E-state index < -0.39 is 209 Å². The molecule has 1 aromatic rings. The van der Waals surface area contributed by atoms with Crippen molar-refractivity contribution in [3.8, 4) is 0 Å². The number of ether oxygens (including phenoxy) is 20. The monoisotopic (exact) mass is 1180 g/mol. The minimum absolute atomic E-state index is 0.0119. The number of aliphatic carboxylic acids is 2. The molecule has 6 rings (SSSR count). The number of hydrogen-bond acceptors (Lipinski definition) is 30. The lowest BCUT2D eigenvalue weighted by Crippen LogP contribution is -2.69. The van der Waals surface area contributed by atoms with Crippen molar-refractivity contribution in [2.75, 3.05) is 69.6 Å². The molecule has 0 aliphatic carbocycles. The van der Waals surface area contributed by atoms with E-state index in [0.29, 0.717) is 0 Å². The lowest BCUT2D eigenvalue weighted by Gasteiger charge is -2.50. The quantitative estimate of drug-likeness (QED) is 0.0407. The first kappa shape index (κ1) is 66.4. The van der Waals surface area contributed by atoms with Gasteiger partial charge in [-0.3, -0.25) is 14.4 Å². The summed E-state index contributed by atoms with van der Waals surface area (Å²) < 4.78 is 116. The summed E-state index contributed by atoms with van der Waals surface area (Å²) in [5, 5.41) is 66.6. The van der Waals surface area contributed by atoms with Crippen molar-refractivity contribution in [1.82, 2.24) is 0 Å². The van der Waals surface area contributed by atoms with E-state index in [0.717, 1.165) is 42.1 Å². The summed E-state index contributed by atoms with van der Waals surface area (Å²) in [7, 11) is 8.34. The normalized spacial score (nSPS) is 39.6. The molecule has 82 heavy (non-hydrogen) atoms. The lowest BCUT2D eigenvalue weighted by atomic mass is 9.94. The molecule has 0 unspecified atom stereocenters. The molecule has 25 atom stereocenters. The maximum Gasteiger partial charge on any atom is 0.338 e. The van der Waals surface area contributed by atoms with E-state index in [2.05, 4.69) is 0 Å². The van der Waals surface area contributed by atoms with Gasteiger partial charge in [-0.05, 0) is 12.1 Å². The van der Waals surface area contributed by atoms with E-state index in [-0.39, 0.29) is 5.56 Å². The molecule has 5 heterocycles. The number of benzene rings is 1. The van der Waals surface area contributed by atoms with E-state index in [1.54, 1.807) is 6.07 Å². The molecule has 5 saturated heterocycles. The molecule has 5 aliphatic rings. The van der Waals surface area contributed by atoms with Crippen LogP contribution in [-0.4, -0.2) is 290 Å². The summed E-state index contributed by atoms with van der Waals surface area (Å²) in [6.07, 6.45) is -42.4. The first-order chi connectivity index (χ1) is 39.1. The van der Waals surface area contributed by atoms with Gasteiger partial charge in [-0.1, -0.05) is 18.2 Å². The highest BCUT2D eigenvalue weighted by Crippen LogP contribution is 2.39. The van der Waals surface area contributed by atoms with E-state index in [1.807, 2.05) is 0 Å². The number of aliphatic hydroxyl groups excluding tert-OH is 4. The lowest BCUT2D eigenvalue weighted by molar-refractivity contribution is -0.390. The Kier molecular flexibility index (Phi) is 24.6. The van der Waals surface area contributed by atoms with Crippen LogP contribution < -0.4 is 0 Å². The summed E-state index contributed by atoms with van der Waals surface area (Å²) in [6.45, 7) is 1.14. The minimum atomic E-state index is -2.24. The molecule has 0 saturated carbocycles. The molecule has 0 radical (unpaired) electrons. The van der Waals surface area contributed by atoms with Gasteiger partial charge in [-0.15, -0.1) is 0 Å². The van der Waals surface area contributed by atoms with Crippen molar-refractivity contribution < 1.29 is 154 Å². The molecule has 0 aromatic heterocycles. The summed E-state index contributed by atoms with van der Waals surface area (Å²) in [5.74, 6) is -7.12. The predicted octanol–water partition coefficient (Wildman–Crippen LogP) is -3.58. The number of rotatable bonds is 25. The number of esters is 4. The van der Waals surface area contributed by atoms with Crippen molar-refractivity contribution in [3.63, 3.8) is 0 Å². The van der Waals surface area contributed by atoms with Crippen LogP contribution in [0.4, 0.5) is 0 Å². The Morgan fingerprint density at radius 3 is 1.26 bits per heavy atom. The van der Waals surface area contributed by atoms with Gasteiger partial charge in [-0.2, -0.15) is 0 Å². The Morgan fingerprint density at radius 1 is 0.415 bits per heavy atom. The highest BCUT2D eigenvalue weighted by molar-refractivity contribution is 5.89. The highest BCUT2D eigenvalue weighted by Gasteiger charge is 2.61. The van der Waals surface area contributed by atoms with Crippen molar-refractivity contribution >= 4 is 35.8 Å². The number of methoxy groups -OCH3 is 7. The Bertz CT molecular complexity index is 2240. The zero-order valence-corrected chi connectivity index (χ0v) is 46.2. The number of carbonyl (C=O) groups is 6. The molecule has 0 amide bonds. The summed E-state index contributed by atoms with van der Waals surface area (Å²) in [5.41, 5.74) is -0.0119. The van der Waals surface area contributed by atoms with E-state index >= 15 is 0 Å². The highest BCUT2D eigenvalue weighted by atomic mass is 16.8. The molecule has 6 N–H and O–H groups in total. The van der Waals surface area contributed by atoms with E-state index in [4.69, 9.17) is 94.7 Å². The van der Waals surface area contributed by atoms with Crippen molar-refractivity contribution in [3.05, 3.63) is 35.9 Å². The Morgan fingerprint density at radius 2 is 0.817 bits per heavy atom. The van der Waals surface area contributed by atoms with Crippen molar-refractivity contribution in [2.45, 2.75) is 174 Å². The van der Waals surface area contributed by atoms with Gasteiger partial charge in [0.05, 0.1) is 12.2 Å². The van der Waals surface area contributed by atoms with Crippen LogP contribution >= 0.6 is 0 Å². The smallest absolute Gasteiger partial charge is 0.338 e. The van der Waals surface area contributed by atoms with Gasteiger partial charge in [0, 0.05) is 70.5 Å². The fourth-order valence-electron chi connectivity index (χ4n) is 10.2. The SMILES string of the molecule is CO[C@H]1O[C@H](CO)[C@@H](O[C@@H]2O[C@@H](C(=O)O)[C@@H](O[C@H]3O[C@H](COC(C)=O)[C@@H](O[C@@H]4O[C@H](C(=O)O)[C@@H](O[C@H]5O[C@H](COC(C)=O)[C@@H](OC)[C@H](OC)[C@H]5O)[C@H](OC)[C@H]4OC)[C@H](OC(C)=O)[C@H]3O)[C@H](OC)[C@H]2OC(=O)c2ccccc2)[C@H](OC)[C@H]1O. The van der Waals surface area contributed by atoms with Gasteiger partial charge in [-0.25, -0.2) is 14.4 Å². The number of carboxylic acids is 2. The van der Waals surface area contributed by atoms with Gasteiger partial charge in [0.1, 0.15) is 111 Å². The molecule has 0 bridgehead atoms. The molecular weight excluding hydrogens is 1110 g/mol. The fourth-order valence-corrected chi connectivity index (χ4v) is 10.2. The molecule has 32 heteroatoms. The second-order valence-corrected chi connectivity index (χ2v) is 19.1. The van der Waals surface area contributed by atoms with Crippen LogP contribution in [0.5, 0.6) is 0 Å². The van der Waals surface area contributed by atoms with Crippen LogP contribution in [-0.2, 0) is 119 Å². The average Bonchev–Trinajstić information content (AvgIpc) is 3.16. The first-order valence-electron chi connectivity index (χ1n) is 25.5. The maximum absolute atomic E-state index is 13.9. The van der Waals surface area contributed by atoms with Gasteiger partial charge >= 0.3 is 35.8 Å². The maximum atomic E-state index is 13.9. The summed E-state index contributed by atoms with van der Waals surface area (Å²) >= 11 is 0. The number of aliphatic hydroxyl groups is 4. The van der Waals surface area contributed by atoms with Crippen LogP contribution in [0.3, 0.4) is 0 Å². The first-order valence-corrected chi connectivity index (χ1v) is 25.5. The van der Waals surface area contributed by atoms with Gasteiger partial charge in [0.2, 0.25) is 0 Å². The Labute approximate surface area is 468 Å². The summed E-state index contributed by atoms with van der Waals surface area (Å²) in [6, 6.07) is 7.46. The van der Waals surface area contributed by atoms with Crippen LogP contribution in [0, 0.1) is 0 Å². The number of hydrogen-bond donors (Lipinski definition) is 6. The predicted molar refractivity (Wildman–Crippen MR) is 259 cm³/mol. The number of carbonyl (C=O) groups excluding carboxylic acids is 4.